The van der Waals surface area contributed by atoms with E-state index in [-0.39, 0.29) is 31.5 Å². The van der Waals surface area contributed by atoms with Crippen LogP contribution in [0.5, 0.6) is 0 Å². The number of phosphoric acid groups is 1. The first kappa shape index (κ1) is 72.2. The Labute approximate surface area is 463 Å². The Bertz CT molecular complexity index is 1560. The molecular formula is C65H118N2O7P+. The summed E-state index contributed by atoms with van der Waals surface area (Å²) in [5.41, 5.74) is 0. The van der Waals surface area contributed by atoms with Crippen molar-refractivity contribution in [2.45, 2.75) is 277 Å². The summed E-state index contributed by atoms with van der Waals surface area (Å²) in [5.74, 6) is -0.521. The minimum absolute atomic E-state index is 0.0348. The summed E-state index contributed by atoms with van der Waals surface area (Å²) < 4.78 is 30.6. The molecular weight excluding hydrogens is 952 g/mol. The van der Waals surface area contributed by atoms with Crippen molar-refractivity contribution >= 4 is 19.7 Å². The average Bonchev–Trinajstić information content (AvgIpc) is 3.37. The first-order chi connectivity index (χ1) is 36.4. The molecule has 0 heterocycles. The molecule has 0 aromatic heterocycles. The van der Waals surface area contributed by atoms with Gasteiger partial charge in [-0.05, 0) is 83.1 Å². The first-order valence-corrected chi connectivity index (χ1v) is 32.4. The highest BCUT2D eigenvalue weighted by Gasteiger charge is 2.30. The van der Waals surface area contributed by atoms with Gasteiger partial charge >= 0.3 is 13.8 Å². The number of esters is 1. The summed E-state index contributed by atoms with van der Waals surface area (Å²) in [6, 6.07) is -0.858. The van der Waals surface area contributed by atoms with Crippen molar-refractivity contribution in [3.05, 3.63) is 85.1 Å². The normalized spacial score (nSPS) is 14.3. The maximum absolute atomic E-state index is 13.5. The zero-order valence-corrected chi connectivity index (χ0v) is 50.4. The topological polar surface area (TPSA) is 111 Å². The smallest absolute Gasteiger partial charge is 0.456 e. The van der Waals surface area contributed by atoms with E-state index in [0.717, 1.165) is 122 Å². The number of carbonyl (C=O) groups excluding carboxylic acids is 2. The van der Waals surface area contributed by atoms with E-state index in [1.807, 2.05) is 33.3 Å². The summed E-state index contributed by atoms with van der Waals surface area (Å²) in [6.07, 6.45) is 71.5. The second-order valence-electron chi connectivity index (χ2n) is 21.9. The Hall–Kier alpha value is -2.81. The van der Waals surface area contributed by atoms with Crippen molar-refractivity contribution in [3.8, 4) is 0 Å². The van der Waals surface area contributed by atoms with Gasteiger partial charge in [-0.25, -0.2) is 4.57 Å². The SMILES string of the molecule is CC/C=C\C/C=C\C/C=C\C/C=C\C/C=C\C/C=C\CCCCCCCCC(=O)NC(COP(=O)(O)OCC[N+](C)(C)C)C(/C=C/CCCCCCCCCCCCC)OC(=O)CCCCCCCCCCCCC. The number of unbranched alkanes of at least 4 members (excludes halogenated alkanes) is 27. The summed E-state index contributed by atoms with van der Waals surface area (Å²) in [7, 11) is 1.48. The lowest BCUT2D eigenvalue weighted by molar-refractivity contribution is -0.870. The van der Waals surface area contributed by atoms with Crippen LogP contribution in [-0.2, 0) is 27.9 Å². The zero-order valence-electron chi connectivity index (χ0n) is 49.5. The Morgan fingerprint density at radius 1 is 0.480 bits per heavy atom. The molecule has 0 saturated heterocycles. The van der Waals surface area contributed by atoms with Crippen molar-refractivity contribution in [2.75, 3.05) is 40.9 Å². The van der Waals surface area contributed by atoms with E-state index in [2.05, 4.69) is 99.0 Å². The van der Waals surface area contributed by atoms with Crippen molar-refractivity contribution < 1.29 is 37.3 Å². The third-order valence-corrected chi connectivity index (χ3v) is 14.3. The Morgan fingerprint density at radius 3 is 1.28 bits per heavy atom. The zero-order chi connectivity index (χ0) is 55.0. The van der Waals surface area contributed by atoms with E-state index >= 15 is 0 Å². The monoisotopic (exact) mass is 1070 g/mol. The number of likely N-dealkylation sites (N-methyl/N-ethyl adjacent to an activating group) is 1. The van der Waals surface area contributed by atoms with Gasteiger partial charge in [-0.1, -0.05) is 254 Å². The van der Waals surface area contributed by atoms with Crippen LogP contribution < -0.4 is 5.32 Å². The van der Waals surface area contributed by atoms with Crippen molar-refractivity contribution in [1.82, 2.24) is 5.32 Å². The summed E-state index contributed by atoms with van der Waals surface area (Å²) in [4.78, 5) is 37.6. The molecule has 434 valence electrons. The lowest BCUT2D eigenvalue weighted by Crippen LogP contribution is -2.47. The van der Waals surface area contributed by atoms with E-state index in [1.165, 1.54) is 109 Å². The van der Waals surface area contributed by atoms with Gasteiger partial charge in [0, 0.05) is 12.8 Å². The van der Waals surface area contributed by atoms with Crippen molar-refractivity contribution in [3.63, 3.8) is 0 Å². The highest BCUT2D eigenvalue weighted by atomic mass is 31.2. The largest absolute Gasteiger partial charge is 0.472 e. The van der Waals surface area contributed by atoms with Crippen LogP contribution in [0.25, 0.3) is 0 Å². The van der Waals surface area contributed by atoms with Gasteiger partial charge in [0.05, 0.1) is 33.8 Å². The number of allylic oxidation sites excluding steroid dienone is 13. The molecule has 0 bridgehead atoms. The Balaban J connectivity index is 5.20. The summed E-state index contributed by atoms with van der Waals surface area (Å²) in [6.45, 7) is 6.88. The number of amides is 1. The van der Waals surface area contributed by atoms with Crippen LogP contribution in [0.15, 0.2) is 85.1 Å². The number of rotatable bonds is 55. The molecule has 9 nitrogen and oxygen atoms in total. The summed E-state index contributed by atoms with van der Waals surface area (Å²) >= 11 is 0. The molecule has 0 rings (SSSR count). The number of phosphoric ester groups is 1. The Morgan fingerprint density at radius 2 is 0.853 bits per heavy atom. The van der Waals surface area contributed by atoms with Gasteiger partial charge in [0.25, 0.3) is 0 Å². The van der Waals surface area contributed by atoms with Crippen LogP contribution in [0, 0.1) is 0 Å². The molecule has 2 N–H and O–H groups in total. The number of hydrogen-bond donors (Lipinski definition) is 2. The lowest BCUT2D eigenvalue weighted by Gasteiger charge is -2.27. The fraction of sp³-hybridized carbons (Fsp3) is 0.754. The predicted molar refractivity (Wildman–Crippen MR) is 323 cm³/mol. The number of hydrogen-bond acceptors (Lipinski definition) is 6. The van der Waals surface area contributed by atoms with E-state index in [9.17, 15) is 19.0 Å². The van der Waals surface area contributed by atoms with Gasteiger partial charge in [0.2, 0.25) is 5.91 Å². The molecule has 0 aliphatic rings. The van der Waals surface area contributed by atoms with Crippen molar-refractivity contribution in [1.29, 1.82) is 0 Å². The number of nitrogens with one attached hydrogen (secondary N) is 1. The van der Waals surface area contributed by atoms with Gasteiger partial charge in [-0.15, -0.1) is 0 Å². The molecule has 0 fully saturated rings. The molecule has 0 aromatic rings. The van der Waals surface area contributed by atoms with E-state index in [4.69, 9.17) is 13.8 Å². The highest BCUT2D eigenvalue weighted by molar-refractivity contribution is 7.47. The second-order valence-corrected chi connectivity index (χ2v) is 23.3. The van der Waals surface area contributed by atoms with Crippen LogP contribution in [-0.4, -0.2) is 74.3 Å². The highest BCUT2D eigenvalue weighted by Crippen LogP contribution is 2.43. The second kappa shape index (κ2) is 54.5. The third-order valence-electron chi connectivity index (χ3n) is 13.3. The predicted octanol–water partition coefficient (Wildman–Crippen LogP) is 19.0. The minimum Gasteiger partial charge on any atom is -0.456 e. The van der Waals surface area contributed by atoms with E-state index in [0.29, 0.717) is 17.4 Å². The van der Waals surface area contributed by atoms with Crippen LogP contribution in [0.4, 0.5) is 0 Å². The number of quaternary nitrogens is 1. The molecule has 0 saturated carbocycles. The fourth-order valence-electron chi connectivity index (χ4n) is 8.59. The van der Waals surface area contributed by atoms with Crippen LogP contribution >= 0.6 is 7.82 Å². The maximum Gasteiger partial charge on any atom is 0.472 e. The van der Waals surface area contributed by atoms with Gasteiger partial charge in [-0.2, -0.15) is 0 Å². The molecule has 0 aliphatic heterocycles. The first-order valence-electron chi connectivity index (χ1n) is 30.9. The van der Waals surface area contributed by atoms with Gasteiger partial charge in [-0.3, -0.25) is 18.6 Å². The molecule has 10 heteroatoms. The fourth-order valence-corrected chi connectivity index (χ4v) is 9.33. The molecule has 3 atom stereocenters. The standard InChI is InChI=1S/C65H117N2O7P/c1-7-10-13-16-19-22-25-27-28-29-30-31-32-33-34-35-36-37-38-40-43-45-48-51-54-57-64(68)66-62(61-73-75(70,71)72-60-59-67(4,5)6)63(56-53-50-47-44-42-39-26-23-20-17-14-11-8-2)74-65(69)58-55-52-49-46-41-24-21-18-15-12-9-3/h10,13,19,22,27-28,30-31,33-34,36-37,53,56,62-63H,7-9,11-12,14-18,20-21,23-26,29,32,35,38-52,54-55,57-61H2,1-6H3,(H-,66,68,70,71)/p+1/b13-10-,22-19-,28-27-,31-30-,34-33-,37-36-,56-53+. The van der Waals surface area contributed by atoms with E-state index < -0.39 is 20.0 Å². The minimum atomic E-state index is -4.45. The molecule has 0 aromatic carbocycles. The number of ether oxygens (including phenoxy) is 1. The molecule has 3 unspecified atom stereocenters. The Kier molecular flexibility index (Phi) is 52.5. The third kappa shape index (κ3) is 55.7. The maximum atomic E-state index is 13.5. The van der Waals surface area contributed by atoms with E-state index in [1.54, 1.807) is 0 Å². The van der Waals surface area contributed by atoms with Crippen LogP contribution in [0.2, 0.25) is 0 Å². The van der Waals surface area contributed by atoms with Crippen LogP contribution in [0.1, 0.15) is 265 Å². The van der Waals surface area contributed by atoms with Gasteiger partial charge in [0.1, 0.15) is 19.3 Å². The number of nitrogens with zero attached hydrogens (tertiary/aromatic N) is 1. The van der Waals surface area contributed by atoms with Crippen LogP contribution in [0.3, 0.4) is 0 Å². The van der Waals surface area contributed by atoms with Gasteiger partial charge in [0.15, 0.2) is 0 Å². The quantitative estimate of drug-likeness (QED) is 0.0205. The lowest BCUT2D eigenvalue weighted by atomic mass is 10.0. The molecule has 0 aliphatic carbocycles. The molecule has 0 radical (unpaired) electrons. The van der Waals surface area contributed by atoms with Gasteiger partial charge < -0.3 is 19.4 Å². The number of carbonyl (C=O) groups is 2. The molecule has 75 heavy (non-hydrogen) atoms. The van der Waals surface area contributed by atoms with Crippen molar-refractivity contribution in [2.24, 2.45) is 0 Å². The average molecular weight is 1070 g/mol. The summed E-state index contributed by atoms with van der Waals surface area (Å²) in [5, 5.41) is 3.05. The molecule has 0 spiro atoms. The molecule has 1 amide bonds.